The molecule has 0 saturated heterocycles. The third-order valence-corrected chi connectivity index (χ3v) is 5.18. The van der Waals surface area contributed by atoms with E-state index in [9.17, 15) is 19.5 Å². The van der Waals surface area contributed by atoms with E-state index in [1.165, 1.54) is 13.0 Å². The van der Waals surface area contributed by atoms with Gasteiger partial charge in [0.15, 0.2) is 5.76 Å². The summed E-state index contributed by atoms with van der Waals surface area (Å²) in [4.78, 5) is 35.6. The first kappa shape index (κ1) is 23.0. The fourth-order valence-electron chi connectivity index (χ4n) is 3.45. The Labute approximate surface area is 186 Å². The van der Waals surface area contributed by atoms with Gasteiger partial charge in [-0.3, -0.25) is 9.59 Å². The minimum atomic E-state index is -1.15. The monoisotopic (exact) mass is 434 g/mol. The summed E-state index contributed by atoms with van der Waals surface area (Å²) in [7, 11) is 0. The Morgan fingerprint density at radius 1 is 1.03 bits per heavy atom. The molecule has 0 radical (unpaired) electrons. The lowest BCUT2D eigenvalue weighted by Crippen LogP contribution is -2.42. The smallest absolute Gasteiger partial charge is 0.326 e. The van der Waals surface area contributed by atoms with Crippen molar-refractivity contribution in [1.29, 1.82) is 0 Å². The predicted molar refractivity (Wildman–Crippen MR) is 120 cm³/mol. The Morgan fingerprint density at radius 2 is 1.75 bits per heavy atom. The normalized spacial score (nSPS) is 11.7. The fraction of sp³-hybridized carbons (Fsp3) is 0.240. The molecule has 166 valence electrons. The SMILES string of the molecule is CC(=O)Cc1cc(C(=O)NC(Cc2ccc(-c3cccc(CN)c3)cc2)C(=O)O)oc1C. The van der Waals surface area contributed by atoms with Gasteiger partial charge in [-0.1, -0.05) is 42.5 Å². The number of hydrogen-bond donors (Lipinski definition) is 3. The Balaban J connectivity index is 1.70. The highest BCUT2D eigenvalue weighted by atomic mass is 16.4. The number of Topliss-reactive ketones (excluding diaryl/α,β-unsaturated/α-hetero) is 1. The zero-order valence-electron chi connectivity index (χ0n) is 18.1. The molecule has 0 aliphatic rings. The molecule has 2 aromatic carbocycles. The predicted octanol–water partition coefficient (Wildman–Crippen LogP) is 3.27. The summed E-state index contributed by atoms with van der Waals surface area (Å²) in [6.07, 6.45) is 0.274. The zero-order valence-corrected chi connectivity index (χ0v) is 18.1. The van der Waals surface area contributed by atoms with Crippen LogP contribution in [0, 0.1) is 6.92 Å². The second-order valence-electron chi connectivity index (χ2n) is 7.74. The molecule has 3 rings (SSSR count). The molecule has 0 bridgehead atoms. The second kappa shape index (κ2) is 10.1. The van der Waals surface area contributed by atoms with Crippen molar-refractivity contribution in [3.05, 3.63) is 82.8 Å². The first-order valence-corrected chi connectivity index (χ1v) is 10.3. The molecular weight excluding hydrogens is 408 g/mol. The first-order chi connectivity index (χ1) is 15.3. The largest absolute Gasteiger partial charge is 0.480 e. The number of hydrogen-bond acceptors (Lipinski definition) is 5. The quantitative estimate of drug-likeness (QED) is 0.475. The highest BCUT2D eigenvalue weighted by Crippen LogP contribution is 2.22. The number of furan rings is 1. The van der Waals surface area contributed by atoms with Crippen LogP contribution in [0.25, 0.3) is 11.1 Å². The summed E-state index contributed by atoms with van der Waals surface area (Å²) in [6.45, 7) is 3.57. The van der Waals surface area contributed by atoms with Crippen LogP contribution in [-0.2, 0) is 29.0 Å². The van der Waals surface area contributed by atoms with Gasteiger partial charge in [0.25, 0.3) is 5.91 Å². The maximum Gasteiger partial charge on any atom is 0.326 e. The van der Waals surface area contributed by atoms with Gasteiger partial charge in [-0.15, -0.1) is 0 Å². The van der Waals surface area contributed by atoms with Crippen LogP contribution in [0.2, 0.25) is 0 Å². The Kier molecular flexibility index (Phi) is 7.22. The molecule has 0 saturated carbocycles. The number of amides is 1. The maximum atomic E-state index is 12.5. The topological polar surface area (TPSA) is 123 Å². The number of aliphatic carboxylic acids is 1. The van der Waals surface area contributed by atoms with Crippen LogP contribution in [0.1, 0.15) is 39.9 Å². The number of carboxylic acids is 1. The molecule has 1 atom stereocenters. The summed E-state index contributed by atoms with van der Waals surface area (Å²) in [5, 5.41) is 12.1. The van der Waals surface area contributed by atoms with Gasteiger partial charge in [-0.25, -0.2) is 4.79 Å². The van der Waals surface area contributed by atoms with Crippen LogP contribution < -0.4 is 11.1 Å². The third-order valence-electron chi connectivity index (χ3n) is 5.18. The average molecular weight is 434 g/mol. The number of benzene rings is 2. The van der Waals surface area contributed by atoms with Gasteiger partial charge in [-0.05, 0) is 48.2 Å². The van der Waals surface area contributed by atoms with E-state index in [-0.39, 0.29) is 24.4 Å². The second-order valence-corrected chi connectivity index (χ2v) is 7.74. The molecule has 4 N–H and O–H groups in total. The molecule has 0 aliphatic heterocycles. The lowest BCUT2D eigenvalue weighted by atomic mass is 9.99. The number of ketones is 1. The minimum absolute atomic E-state index is 0.0138. The first-order valence-electron chi connectivity index (χ1n) is 10.3. The highest BCUT2D eigenvalue weighted by molar-refractivity contribution is 5.95. The summed E-state index contributed by atoms with van der Waals surface area (Å²) in [5.41, 5.74) is 10.1. The van der Waals surface area contributed by atoms with E-state index >= 15 is 0 Å². The van der Waals surface area contributed by atoms with Crippen molar-refractivity contribution in [3.8, 4) is 11.1 Å². The van der Waals surface area contributed by atoms with Crippen LogP contribution in [0.3, 0.4) is 0 Å². The lowest BCUT2D eigenvalue weighted by Gasteiger charge is -2.14. The third kappa shape index (κ3) is 5.70. The van der Waals surface area contributed by atoms with Crippen LogP contribution in [-0.4, -0.2) is 28.8 Å². The van der Waals surface area contributed by atoms with Crippen molar-refractivity contribution < 1.29 is 23.9 Å². The molecule has 3 aromatic rings. The van der Waals surface area contributed by atoms with Gasteiger partial charge < -0.3 is 20.6 Å². The van der Waals surface area contributed by atoms with Crippen molar-refractivity contribution in [2.24, 2.45) is 5.73 Å². The number of aryl methyl sites for hydroxylation is 1. The molecular formula is C25H26N2O5. The molecule has 1 heterocycles. The summed E-state index contributed by atoms with van der Waals surface area (Å²) in [5.74, 6) is -1.38. The minimum Gasteiger partial charge on any atom is -0.480 e. The lowest BCUT2D eigenvalue weighted by molar-refractivity contribution is -0.139. The van der Waals surface area contributed by atoms with Crippen LogP contribution in [0.15, 0.2) is 59.0 Å². The number of carbonyl (C=O) groups excluding carboxylic acids is 2. The molecule has 0 spiro atoms. The van der Waals surface area contributed by atoms with Gasteiger partial charge in [-0.2, -0.15) is 0 Å². The molecule has 1 amide bonds. The molecule has 7 nitrogen and oxygen atoms in total. The molecule has 32 heavy (non-hydrogen) atoms. The Morgan fingerprint density at radius 3 is 2.38 bits per heavy atom. The van der Waals surface area contributed by atoms with E-state index in [0.717, 1.165) is 22.3 Å². The maximum absolute atomic E-state index is 12.5. The summed E-state index contributed by atoms with van der Waals surface area (Å²) < 4.78 is 5.43. The Bertz CT molecular complexity index is 1130. The number of nitrogens with one attached hydrogen (secondary N) is 1. The van der Waals surface area contributed by atoms with E-state index < -0.39 is 17.9 Å². The molecule has 0 fully saturated rings. The van der Waals surface area contributed by atoms with Gasteiger partial charge in [0, 0.05) is 24.9 Å². The number of carbonyl (C=O) groups is 3. The molecule has 0 aliphatic carbocycles. The van der Waals surface area contributed by atoms with E-state index in [1.54, 1.807) is 6.92 Å². The summed E-state index contributed by atoms with van der Waals surface area (Å²) in [6, 6.07) is 15.8. The Hall–Kier alpha value is -3.71. The fourth-order valence-corrected chi connectivity index (χ4v) is 3.45. The standard InChI is InChI=1S/C25H26N2O5/c1-15(28)10-21-13-23(32-16(21)2)24(29)27-22(25(30)31)12-17-6-8-19(9-7-17)20-5-3-4-18(11-20)14-26/h3-9,11,13,22H,10,12,14,26H2,1-2H3,(H,27,29)(H,30,31). The molecule has 7 heteroatoms. The van der Waals surface area contributed by atoms with Gasteiger partial charge >= 0.3 is 5.97 Å². The van der Waals surface area contributed by atoms with E-state index in [0.29, 0.717) is 17.9 Å². The van der Waals surface area contributed by atoms with Crippen LogP contribution in [0.5, 0.6) is 0 Å². The van der Waals surface area contributed by atoms with Crippen LogP contribution in [0.4, 0.5) is 0 Å². The van der Waals surface area contributed by atoms with Crippen molar-refractivity contribution in [2.75, 3.05) is 0 Å². The average Bonchev–Trinajstić information content (AvgIpc) is 3.13. The van der Waals surface area contributed by atoms with Crippen molar-refractivity contribution in [1.82, 2.24) is 5.32 Å². The van der Waals surface area contributed by atoms with E-state index in [1.807, 2.05) is 48.5 Å². The van der Waals surface area contributed by atoms with Crippen LogP contribution >= 0.6 is 0 Å². The molecule has 1 unspecified atom stereocenters. The zero-order chi connectivity index (χ0) is 23.3. The molecule has 1 aromatic heterocycles. The number of rotatable bonds is 9. The number of carboxylic acid groups (broad SMARTS) is 1. The van der Waals surface area contributed by atoms with Gasteiger partial charge in [0.1, 0.15) is 17.6 Å². The summed E-state index contributed by atoms with van der Waals surface area (Å²) >= 11 is 0. The highest BCUT2D eigenvalue weighted by Gasteiger charge is 2.24. The van der Waals surface area contributed by atoms with Gasteiger partial charge in [0.05, 0.1) is 0 Å². The van der Waals surface area contributed by atoms with Crippen molar-refractivity contribution in [3.63, 3.8) is 0 Å². The van der Waals surface area contributed by atoms with E-state index in [4.69, 9.17) is 10.2 Å². The van der Waals surface area contributed by atoms with Crippen molar-refractivity contribution >= 4 is 17.7 Å². The van der Waals surface area contributed by atoms with Crippen molar-refractivity contribution in [2.45, 2.75) is 39.3 Å². The van der Waals surface area contributed by atoms with E-state index in [2.05, 4.69) is 5.32 Å². The van der Waals surface area contributed by atoms with Gasteiger partial charge in [0.2, 0.25) is 0 Å². The number of nitrogens with two attached hydrogens (primary N) is 1.